The van der Waals surface area contributed by atoms with Crippen molar-refractivity contribution in [1.29, 1.82) is 0 Å². The summed E-state index contributed by atoms with van der Waals surface area (Å²) in [5.41, 5.74) is 0.743. The number of halogens is 3. The first-order valence-corrected chi connectivity index (χ1v) is 10.4. The number of rotatable bonds is 4. The minimum atomic E-state index is -4.69. The predicted molar refractivity (Wildman–Crippen MR) is 104 cm³/mol. The number of carbonyl (C=O) groups is 1. The van der Waals surface area contributed by atoms with Crippen molar-refractivity contribution in [1.82, 2.24) is 14.7 Å². The van der Waals surface area contributed by atoms with Gasteiger partial charge in [-0.1, -0.05) is 26.0 Å². The van der Waals surface area contributed by atoms with E-state index in [-0.39, 0.29) is 35.3 Å². The van der Waals surface area contributed by atoms with Crippen LogP contribution >= 0.6 is 0 Å². The first-order valence-electron chi connectivity index (χ1n) is 10.4. The summed E-state index contributed by atoms with van der Waals surface area (Å²) in [6.07, 6.45) is -4.37. The van der Waals surface area contributed by atoms with Crippen LogP contribution in [0.4, 0.5) is 13.2 Å². The Balaban J connectivity index is 1.40. The summed E-state index contributed by atoms with van der Waals surface area (Å²) >= 11 is 0. The Bertz CT molecular complexity index is 778. The Morgan fingerprint density at radius 1 is 1.20 bits per heavy atom. The number of alkyl halides is 3. The average Bonchev–Trinajstić information content (AvgIpc) is 3.00. The molecule has 3 heterocycles. The Morgan fingerprint density at radius 3 is 2.47 bits per heavy atom. The van der Waals surface area contributed by atoms with Gasteiger partial charge in [-0.3, -0.25) is 14.6 Å². The SMILES string of the molecule is CC(C)C(=O)N1CC2CC(O)CN2C2(CN(Cc3ccc(OC(F)(F)F)cc3)C2)C1. The summed E-state index contributed by atoms with van der Waals surface area (Å²) < 4.78 is 40.9. The van der Waals surface area contributed by atoms with Gasteiger partial charge in [-0.05, 0) is 24.1 Å². The highest BCUT2D eigenvalue weighted by atomic mass is 19.4. The third-order valence-corrected chi connectivity index (χ3v) is 6.32. The standard InChI is InChI=1S/C21H28F3N3O3/c1-14(2)19(29)26-9-16-7-17(28)10-27(16)20(13-26)11-25(12-20)8-15-3-5-18(6-4-15)30-21(22,23)24/h3-6,14,16-17,28H,7-13H2,1-2H3. The second-order valence-corrected chi connectivity index (χ2v) is 9.13. The Labute approximate surface area is 174 Å². The third kappa shape index (κ3) is 4.29. The lowest BCUT2D eigenvalue weighted by atomic mass is 9.83. The molecule has 3 aliphatic rings. The largest absolute Gasteiger partial charge is 0.573 e. The Hall–Kier alpha value is -1.84. The van der Waals surface area contributed by atoms with E-state index < -0.39 is 6.36 Å². The monoisotopic (exact) mass is 427 g/mol. The molecule has 1 amide bonds. The summed E-state index contributed by atoms with van der Waals surface area (Å²) in [5, 5.41) is 10.2. The van der Waals surface area contributed by atoms with Gasteiger partial charge < -0.3 is 14.7 Å². The number of carbonyl (C=O) groups excluding carboxylic acids is 1. The number of amides is 1. The van der Waals surface area contributed by atoms with E-state index in [9.17, 15) is 23.1 Å². The number of hydrogen-bond acceptors (Lipinski definition) is 5. The average molecular weight is 427 g/mol. The second-order valence-electron chi connectivity index (χ2n) is 9.13. The van der Waals surface area contributed by atoms with Crippen molar-refractivity contribution in [2.24, 2.45) is 5.92 Å². The van der Waals surface area contributed by atoms with Gasteiger partial charge in [0.15, 0.2) is 0 Å². The van der Waals surface area contributed by atoms with Crippen LogP contribution in [0.2, 0.25) is 0 Å². The van der Waals surface area contributed by atoms with Crippen LogP contribution in [0.1, 0.15) is 25.8 Å². The first-order chi connectivity index (χ1) is 14.0. The third-order valence-electron chi connectivity index (χ3n) is 6.32. The lowest BCUT2D eigenvalue weighted by Gasteiger charge is -2.61. The van der Waals surface area contributed by atoms with Gasteiger partial charge in [-0.15, -0.1) is 13.2 Å². The van der Waals surface area contributed by atoms with Crippen molar-refractivity contribution in [3.05, 3.63) is 29.8 Å². The normalized spacial score (nSPS) is 26.7. The number of aliphatic hydroxyl groups excluding tert-OH is 1. The number of fused-ring (bicyclic) bond motifs is 2. The van der Waals surface area contributed by atoms with Crippen LogP contribution in [0.5, 0.6) is 5.75 Å². The van der Waals surface area contributed by atoms with E-state index in [1.54, 1.807) is 12.1 Å². The molecule has 3 saturated heterocycles. The minimum absolute atomic E-state index is 0.0615. The topological polar surface area (TPSA) is 56.3 Å². The fourth-order valence-electron chi connectivity index (χ4n) is 5.18. The van der Waals surface area contributed by atoms with Gasteiger partial charge in [0.05, 0.1) is 11.6 Å². The molecule has 1 aromatic carbocycles. The molecule has 0 aromatic heterocycles. The number of piperazine rings is 1. The van der Waals surface area contributed by atoms with E-state index in [2.05, 4.69) is 14.5 Å². The van der Waals surface area contributed by atoms with Gasteiger partial charge in [0.25, 0.3) is 0 Å². The fourth-order valence-corrected chi connectivity index (χ4v) is 5.18. The van der Waals surface area contributed by atoms with E-state index in [4.69, 9.17) is 0 Å². The molecule has 166 valence electrons. The maximum atomic E-state index is 12.6. The highest BCUT2D eigenvalue weighted by Gasteiger charge is 2.56. The zero-order valence-electron chi connectivity index (χ0n) is 17.2. The summed E-state index contributed by atoms with van der Waals surface area (Å²) in [6, 6.07) is 6.12. The molecule has 1 spiro atoms. The van der Waals surface area contributed by atoms with Crippen LogP contribution in [-0.4, -0.2) is 82.5 Å². The molecule has 3 fully saturated rings. The molecule has 2 atom stereocenters. The molecule has 0 aliphatic carbocycles. The maximum Gasteiger partial charge on any atom is 0.573 e. The second kappa shape index (κ2) is 7.69. The highest BCUT2D eigenvalue weighted by molar-refractivity contribution is 5.78. The van der Waals surface area contributed by atoms with Crippen LogP contribution in [0, 0.1) is 5.92 Å². The van der Waals surface area contributed by atoms with Gasteiger partial charge >= 0.3 is 6.36 Å². The van der Waals surface area contributed by atoms with Gasteiger partial charge in [-0.25, -0.2) is 0 Å². The van der Waals surface area contributed by atoms with Gasteiger partial charge in [-0.2, -0.15) is 0 Å². The lowest BCUT2D eigenvalue weighted by molar-refractivity contribution is -0.274. The maximum absolute atomic E-state index is 12.6. The van der Waals surface area contributed by atoms with Crippen LogP contribution in [0.3, 0.4) is 0 Å². The number of benzene rings is 1. The Morgan fingerprint density at radius 2 is 1.87 bits per heavy atom. The fraction of sp³-hybridized carbons (Fsp3) is 0.667. The van der Waals surface area contributed by atoms with Gasteiger partial charge in [0, 0.05) is 51.2 Å². The van der Waals surface area contributed by atoms with E-state index in [0.29, 0.717) is 32.6 Å². The van der Waals surface area contributed by atoms with Gasteiger partial charge in [0.2, 0.25) is 5.91 Å². The van der Waals surface area contributed by atoms with Crippen LogP contribution in [0.15, 0.2) is 24.3 Å². The zero-order valence-corrected chi connectivity index (χ0v) is 17.2. The number of aliphatic hydroxyl groups is 1. The zero-order chi connectivity index (χ0) is 21.7. The van der Waals surface area contributed by atoms with Crippen molar-refractivity contribution in [3.63, 3.8) is 0 Å². The molecule has 9 heteroatoms. The smallest absolute Gasteiger partial charge is 0.406 e. The summed E-state index contributed by atoms with van der Waals surface area (Å²) in [5.74, 6) is -0.141. The number of likely N-dealkylation sites (tertiary alicyclic amines) is 1. The number of hydrogen-bond donors (Lipinski definition) is 1. The molecule has 1 aromatic rings. The predicted octanol–water partition coefficient (Wildman–Crippen LogP) is 2.07. The van der Waals surface area contributed by atoms with E-state index >= 15 is 0 Å². The van der Waals surface area contributed by atoms with Crippen molar-refractivity contribution < 1.29 is 27.8 Å². The molecule has 0 radical (unpaired) electrons. The van der Waals surface area contributed by atoms with Crippen molar-refractivity contribution in [2.45, 2.75) is 50.9 Å². The van der Waals surface area contributed by atoms with Crippen molar-refractivity contribution in [3.8, 4) is 5.75 Å². The van der Waals surface area contributed by atoms with E-state index in [0.717, 1.165) is 18.7 Å². The summed E-state index contributed by atoms with van der Waals surface area (Å²) in [4.78, 5) is 19.2. The van der Waals surface area contributed by atoms with Crippen LogP contribution < -0.4 is 4.74 Å². The lowest BCUT2D eigenvalue weighted by Crippen LogP contribution is -2.78. The molecule has 30 heavy (non-hydrogen) atoms. The molecule has 2 unspecified atom stereocenters. The summed E-state index contributed by atoms with van der Waals surface area (Å²) in [7, 11) is 0. The molecule has 1 N–H and O–H groups in total. The highest BCUT2D eigenvalue weighted by Crippen LogP contribution is 2.40. The van der Waals surface area contributed by atoms with E-state index in [1.165, 1.54) is 12.1 Å². The van der Waals surface area contributed by atoms with Crippen LogP contribution in [0.25, 0.3) is 0 Å². The quantitative estimate of drug-likeness (QED) is 0.798. The summed E-state index contributed by atoms with van der Waals surface area (Å²) in [6.45, 7) is 7.91. The molecule has 4 rings (SSSR count). The van der Waals surface area contributed by atoms with Gasteiger partial charge in [0.1, 0.15) is 5.75 Å². The minimum Gasteiger partial charge on any atom is -0.406 e. The Kier molecular flexibility index (Phi) is 5.48. The molecule has 0 saturated carbocycles. The van der Waals surface area contributed by atoms with Crippen molar-refractivity contribution in [2.75, 3.05) is 32.7 Å². The number of ether oxygens (including phenoxy) is 1. The van der Waals surface area contributed by atoms with Crippen molar-refractivity contribution >= 4 is 5.91 Å². The van der Waals surface area contributed by atoms with E-state index in [1.807, 2.05) is 18.7 Å². The van der Waals surface area contributed by atoms with Crippen LogP contribution in [-0.2, 0) is 11.3 Å². The molecular weight excluding hydrogens is 399 g/mol. The molecule has 3 aliphatic heterocycles. The first kappa shape index (κ1) is 21.4. The molecule has 0 bridgehead atoms. The molecule has 6 nitrogen and oxygen atoms in total. The number of nitrogens with zero attached hydrogens (tertiary/aromatic N) is 3. The molecular formula is C21H28F3N3O3. The number of β-amino-alcohol motifs (C(OH)–C–C–N with tert-alkyl or cyclic N) is 1.